The third-order valence-electron chi connectivity index (χ3n) is 12.3. The van der Waals surface area contributed by atoms with Gasteiger partial charge in [-0.3, -0.25) is 38.8 Å². The standard InChI is InChI=1S/C57H38N4O7/c1-58-55(64)49(56(65)59(2)57(58)66)34-42-27-29-52(68-42)61(39-19-7-4-8-20-39)50-25-13-23-44-43(22-12-24-45(44)50)37-16-11-21-40(30-37)60(38-17-5-3-6-18-38)51-28-26-41(67-51)33-48-53(62)46-31-35-14-9-10-15-36(35)32-47(46)54(48)63/h3-34H,1-2H3. The number of fused-ring (bicyclic) bond motifs is 3. The van der Waals surface area contributed by atoms with Crippen LogP contribution in [0, 0.1) is 0 Å². The van der Waals surface area contributed by atoms with Crippen LogP contribution in [-0.2, 0) is 9.59 Å². The number of Topliss-reactive ketones (excluding diaryl/α,β-unsaturated/α-hetero) is 2. The molecule has 1 saturated heterocycles. The summed E-state index contributed by atoms with van der Waals surface area (Å²) in [6.07, 6.45) is 2.90. The smallest absolute Gasteiger partial charge is 0.333 e. The molecule has 2 aromatic heterocycles. The molecule has 0 radical (unpaired) electrons. The minimum atomic E-state index is -0.713. The zero-order valence-electron chi connectivity index (χ0n) is 36.6. The van der Waals surface area contributed by atoms with Crippen molar-refractivity contribution in [3.63, 3.8) is 0 Å². The van der Waals surface area contributed by atoms with Gasteiger partial charge in [0.15, 0.2) is 11.6 Å². The first-order valence-electron chi connectivity index (χ1n) is 21.8. The van der Waals surface area contributed by atoms with E-state index in [2.05, 4.69) is 30.3 Å². The summed E-state index contributed by atoms with van der Waals surface area (Å²) in [4.78, 5) is 71.5. The average Bonchev–Trinajstić information content (AvgIpc) is 4.10. The molecule has 3 heterocycles. The van der Waals surface area contributed by atoms with E-state index in [4.69, 9.17) is 8.83 Å². The monoisotopic (exact) mass is 890 g/mol. The van der Waals surface area contributed by atoms with Gasteiger partial charge in [-0.15, -0.1) is 0 Å². The van der Waals surface area contributed by atoms with Crippen molar-refractivity contribution in [3.05, 3.63) is 216 Å². The Morgan fingerprint density at radius 1 is 0.426 bits per heavy atom. The predicted octanol–water partition coefficient (Wildman–Crippen LogP) is 12.7. The number of para-hydroxylation sites is 2. The number of ketones is 2. The normalized spacial score (nSPS) is 13.8. The first-order chi connectivity index (χ1) is 33.1. The molecule has 68 heavy (non-hydrogen) atoms. The number of barbiturate groups is 1. The van der Waals surface area contributed by atoms with E-state index in [0.29, 0.717) is 28.7 Å². The van der Waals surface area contributed by atoms with Crippen LogP contribution in [0.1, 0.15) is 32.2 Å². The van der Waals surface area contributed by atoms with Gasteiger partial charge in [0, 0.05) is 59.8 Å². The van der Waals surface area contributed by atoms with Crippen LogP contribution in [0.5, 0.6) is 0 Å². The van der Waals surface area contributed by atoms with Gasteiger partial charge in [-0.25, -0.2) is 4.79 Å². The van der Waals surface area contributed by atoms with Gasteiger partial charge in [0.2, 0.25) is 11.8 Å². The minimum Gasteiger partial charge on any atom is -0.440 e. The molecule has 0 spiro atoms. The Bertz CT molecular complexity index is 3540. The predicted molar refractivity (Wildman–Crippen MR) is 263 cm³/mol. The third-order valence-corrected chi connectivity index (χ3v) is 12.3. The summed E-state index contributed by atoms with van der Waals surface area (Å²) < 4.78 is 12.9. The maximum absolute atomic E-state index is 13.6. The van der Waals surface area contributed by atoms with Gasteiger partial charge >= 0.3 is 6.03 Å². The Hall–Kier alpha value is -9.35. The first-order valence-corrected chi connectivity index (χ1v) is 21.8. The Balaban J connectivity index is 0.958. The molecule has 11 rings (SSSR count). The Kier molecular flexibility index (Phi) is 10.1. The fourth-order valence-electron chi connectivity index (χ4n) is 8.98. The lowest BCUT2D eigenvalue weighted by molar-refractivity contribution is -0.134. The van der Waals surface area contributed by atoms with Gasteiger partial charge in [-0.2, -0.15) is 0 Å². The van der Waals surface area contributed by atoms with E-state index in [1.165, 1.54) is 26.2 Å². The van der Waals surface area contributed by atoms with Crippen LogP contribution in [0.3, 0.4) is 0 Å². The van der Waals surface area contributed by atoms with Crippen LogP contribution >= 0.6 is 0 Å². The zero-order chi connectivity index (χ0) is 46.6. The number of hydrogen-bond acceptors (Lipinski definition) is 9. The molecule has 0 bridgehead atoms. The minimum absolute atomic E-state index is 0.0580. The molecule has 1 aliphatic carbocycles. The second-order valence-electron chi connectivity index (χ2n) is 16.5. The number of likely N-dealkylation sites (N-methyl/N-ethyl adjacent to an activating group) is 2. The molecule has 0 unspecified atom stereocenters. The Morgan fingerprint density at radius 2 is 0.926 bits per heavy atom. The summed E-state index contributed by atoms with van der Waals surface area (Å²) in [5.74, 6) is -0.543. The van der Waals surface area contributed by atoms with Gasteiger partial charge in [0.1, 0.15) is 17.1 Å². The summed E-state index contributed by atoms with van der Waals surface area (Å²) in [6.45, 7) is 0. The van der Waals surface area contributed by atoms with Crippen molar-refractivity contribution in [1.29, 1.82) is 0 Å². The lowest BCUT2D eigenvalue weighted by Gasteiger charge is -2.28. The highest BCUT2D eigenvalue weighted by atomic mass is 16.4. The molecule has 11 nitrogen and oxygen atoms in total. The number of hydrogen-bond donors (Lipinski definition) is 0. The molecule has 9 aromatic rings. The first kappa shape index (κ1) is 41.4. The third kappa shape index (κ3) is 7.06. The van der Waals surface area contributed by atoms with E-state index in [1.54, 1.807) is 30.3 Å². The van der Waals surface area contributed by atoms with Crippen molar-refractivity contribution in [2.45, 2.75) is 0 Å². The van der Waals surface area contributed by atoms with Gasteiger partial charge in [0.05, 0.1) is 11.3 Å². The number of amides is 4. The van der Waals surface area contributed by atoms with Crippen LogP contribution in [0.2, 0.25) is 0 Å². The highest BCUT2D eigenvalue weighted by Crippen LogP contribution is 2.44. The number of nitrogens with zero attached hydrogens (tertiary/aromatic N) is 4. The van der Waals surface area contributed by atoms with Gasteiger partial charge < -0.3 is 8.83 Å². The lowest BCUT2D eigenvalue weighted by Crippen LogP contribution is -2.52. The molecular formula is C57H38N4O7. The summed E-state index contributed by atoms with van der Waals surface area (Å²) in [7, 11) is 2.66. The largest absolute Gasteiger partial charge is 0.440 e. The number of allylic oxidation sites excluding steroid dienone is 1. The number of rotatable bonds is 9. The lowest BCUT2D eigenvalue weighted by atomic mass is 9.96. The SMILES string of the molecule is CN1C(=O)C(=Cc2ccc(N(c3ccccc3)c3cccc4c(-c5cccc(N(c6ccccc6)c6ccc(C=C7C(=O)c8cc9ccccc9cc8C7=O)o6)c5)cccc34)o2)C(=O)N(C)C1=O. The fourth-order valence-corrected chi connectivity index (χ4v) is 8.98. The van der Waals surface area contributed by atoms with Crippen LogP contribution in [0.15, 0.2) is 202 Å². The number of carbonyl (C=O) groups is 5. The average molecular weight is 891 g/mol. The van der Waals surface area contributed by atoms with Crippen LogP contribution < -0.4 is 9.80 Å². The van der Waals surface area contributed by atoms with Gasteiger partial charge in [-0.05, 0) is 106 Å². The van der Waals surface area contributed by atoms with Gasteiger partial charge in [0.25, 0.3) is 11.8 Å². The maximum Gasteiger partial charge on any atom is 0.333 e. The van der Waals surface area contributed by atoms with Crippen LogP contribution in [0.4, 0.5) is 39.3 Å². The molecule has 4 amide bonds. The molecule has 0 N–H and O–H groups in total. The summed E-state index contributed by atoms with van der Waals surface area (Å²) >= 11 is 0. The Morgan fingerprint density at radius 3 is 1.54 bits per heavy atom. The highest BCUT2D eigenvalue weighted by Gasteiger charge is 2.38. The summed E-state index contributed by atoms with van der Waals surface area (Å²) in [5, 5.41) is 3.67. The van der Waals surface area contributed by atoms with E-state index in [9.17, 15) is 24.0 Å². The van der Waals surface area contributed by atoms with Crippen molar-refractivity contribution < 1.29 is 32.8 Å². The van der Waals surface area contributed by atoms with Crippen molar-refractivity contribution in [3.8, 4) is 11.1 Å². The van der Waals surface area contributed by atoms with E-state index < -0.39 is 17.8 Å². The van der Waals surface area contributed by atoms with E-state index in [0.717, 1.165) is 65.2 Å². The maximum atomic E-state index is 13.6. The van der Waals surface area contributed by atoms with Crippen LogP contribution in [-0.4, -0.2) is 53.3 Å². The summed E-state index contributed by atoms with van der Waals surface area (Å²) in [6, 6.07) is 57.5. The number of furan rings is 2. The number of anilines is 6. The topological polar surface area (TPSA) is 125 Å². The van der Waals surface area contributed by atoms with Crippen LogP contribution in [0.25, 0.3) is 44.8 Å². The Labute approximate surface area is 389 Å². The quantitative estimate of drug-likeness (QED) is 0.103. The molecule has 1 aliphatic heterocycles. The molecule has 11 heteroatoms. The molecule has 2 aliphatic rings. The number of benzene rings is 7. The number of carbonyl (C=O) groups excluding carboxylic acids is 5. The number of urea groups is 1. The molecule has 0 saturated carbocycles. The summed E-state index contributed by atoms with van der Waals surface area (Å²) in [5.41, 5.74) is 5.81. The van der Waals surface area contributed by atoms with E-state index in [1.807, 2.05) is 131 Å². The second-order valence-corrected chi connectivity index (χ2v) is 16.5. The zero-order valence-corrected chi connectivity index (χ0v) is 36.6. The second kappa shape index (κ2) is 16.6. The molecule has 0 atom stereocenters. The van der Waals surface area contributed by atoms with Crippen molar-refractivity contribution in [1.82, 2.24) is 9.80 Å². The van der Waals surface area contributed by atoms with Crippen molar-refractivity contribution >= 4 is 97.6 Å². The molecule has 1 fully saturated rings. The fraction of sp³-hybridized carbons (Fsp3) is 0.0351. The van der Waals surface area contributed by atoms with E-state index >= 15 is 0 Å². The van der Waals surface area contributed by atoms with E-state index in [-0.39, 0.29) is 28.5 Å². The van der Waals surface area contributed by atoms with Crippen molar-refractivity contribution in [2.75, 3.05) is 23.9 Å². The molecule has 328 valence electrons. The highest BCUT2D eigenvalue weighted by molar-refractivity contribution is 6.42. The van der Waals surface area contributed by atoms with Crippen molar-refractivity contribution in [2.24, 2.45) is 0 Å². The number of imide groups is 2. The van der Waals surface area contributed by atoms with Gasteiger partial charge in [-0.1, -0.05) is 103 Å². The molecule has 7 aromatic carbocycles. The molecular weight excluding hydrogens is 853 g/mol.